The molecule has 2 fully saturated rings. The number of allylic oxidation sites excluding steroid dienone is 1. The summed E-state index contributed by atoms with van der Waals surface area (Å²) < 4.78 is 21.0. The first-order valence-corrected chi connectivity index (χ1v) is 6.68. The van der Waals surface area contributed by atoms with Gasteiger partial charge in [-0.1, -0.05) is 0 Å². The Morgan fingerprint density at radius 1 is 0.913 bits per heavy atom. The zero-order valence-electron chi connectivity index (χ0n) is 11.8. The van der Waals surface area contributed by atoms with Crippen LogP contribution in [0, 0.1) is 0 Å². The fourth-order valence-electron chi connectivity index (χ4n) is 2.27. The van der Waals surface area contributed by atoms with E-state index in [9.17, 15) is 19.2 Å². The van der Waals surface area contributed by atoms with Crippen LogP contribution in [0.25, 0.3) is 0 Å². The van der Waals surface area contributed by atoms with E-state index in [1.54, 1.807) is 0 Å². The molecule has 0 aromatic carbocycles. The van der Waals surface area contributed by atoms with Gasteiger partial charge in [-0.15, -0.1) is 0 Å². The molecule has 2 aliphatic heterocycles. The SMILES string of the molecule is O=C/C=C\C(=O)O[C@@H]1CO[C@H]2[C@@H]1OC[C@H]2OC(=O)/C=C\C(=O)O. The lowest BCUT2D eigenvalue weighted by Crippen LogP contribution is -2.35. The van der Waals surface area contributed by atoms with E-state index in [0.29, 0.717) is 12.4 Å². The first-order chi connectivity index (χ1) is 11.0. The second-order valence-corrected chi connectivity index (χ2v) is 4.71. The van der Waals surface area contributed by atoms with Crippen molar-refractivity contribution in [1.82, 2.24) is 0 Å². The Hall–Kier alpha value is -2.52. The maximum Gasteiger partial charge on any atom is 0.331 e. The number of carbonyl (C=O) groups is 4. The van der Waals surface area contributed by atoms with Gasteiger partial charge in [0.15, 0.2) is 12.2 Å². The van der Waals surface area contributed by atoms with Crippen LogP contribution in [0.3, 0.4) is 0 Å². The molecule has 23 heavy (non-hydrogen) atoms. The van der Waals surface area contributed by atoms with Gasteiger partial charge in [-0.05, 0) is 6.08 Å². The number of aliphatic carboxylic acids is 1. The third kappa shape index (κ3) is 4.47. The van der Waals surface area contributed by atoms with E-state index >= 15 is 0 Å². The number of esters is 2. The van der Waals surface area contributed by atoms with Gasteiger partial charge in [0.05, 0.1) is 13.2 Å². The molecule has 0 saturated carbocycles. The number of aldehydes is 1. The van der Waals surface area contributed by atoms with E-state index in [2.05, 4.69) is 0 Å². The normalized spacial score (nSPS) is 29.6. The highest BCUT2D eigenvalue weighted by molar-refractivity contribution is 5.90. The van der Waals surface area contributed by atoms with Crippen LogP contribution < -0.4 is 0 Å². The van der Waals surface area contributed by atoms with Gasteiger partial charge in [-0.25, -0.2) is 14.4 Å². The van der Waals surface area contributed by atoms with Crippen molar-refractivity contribution in [3.05, 3.63) is 24.3 Å². The monoisotopic (exact) mass is 326 g/mol. The number of ether oxygens (including phenoxy) is 4. The maximum absolute atomic E-state index is 11.5. The molecule has 0 aromatic heterocycles. The number of hydrogen-bond donors (Lipinski definition) is 1. The Bertz CT molecular complexity index is 550. The molecule has 0 bridgehead atoms. The number of rotatable bonds is 6. The van der Waals surface area contributed by atoms with Crippen molar-refractivity contribution in [3.8, 4) is 0 Å². The van der Waals surface area contributed by atoms with E-state index < -0.39 is 42.3 Å². The van der Waals surface area contributed by atoms with Gasteiger partial charge in [0.2, 0.25) is 0 Å². The van der Waals surface area contributed by atoms with E-state index in [1.165, 1.54) is 0 Å². The third-order valence-corrected chi connectivity index (χ3v) is 3.17. The van der Waals surface area contributed by atoms with Crippen molar-refractivity contribution < 1.29 is 43.2 Å². The minimum Gasteiger partial charge on any atom is -0.478 e. The lowest BCUT2D eigenvalue weighted by Gasteiger charge is -2.16. The molecule has 0 aliphatic carbocycles. The molecule has 0 radical (unpaired) electrons. The molecule has 9 heteroatoms. The molecule has 2 aliphatic rings. The van der Waals surface area contributed by atoms with E-state index in [-0.39, 0.29) is 13.2 Å². The summed E-state index contributed by atoms with van der Waals surface area (Å²) >= 11 is 0. The van der Waals surface area contributed by atoms with E-state index in [1.807, 2.05) is 0 Å². The average Bonchev–Trinajstić information content (AvgIpc) is 3.07. The Labute approximate surface area is 130 Å². The van der Waals surface area contributed by atoms with Crippen molar-refractivity contribution in [2.24, 2.45) is 0 Å². The molecule has 1 N–H and O–H groups in total. The van der Waals surface area contributed by atoms with Crippen molar-refractivity contribution in [2.45, 2.75) is 24.4 Å². The maximum atomic E-state index is 11.5. The van der Waals surface area contributed by atoms with Gasteiger partial charge in [0, 0.05) is 18.2 Å². The zero-order valence-corrected chi connectivity index (χ0v) is 11.8. The standard InChI is InChI=1S/C14H14O9/c15-5-1-2-11(18)22-8-6-20-14-9(7-21-13(8)14)23-12(19)4-3-10(16)17/h1-5,8-9,13-14H,6-7H2,(H,16,17)/b2-1-,4-3-/t8-,9-,13-,14-/m1/s1. The van der Waals surface area contributed by atoms with Crippen LogP contribution in [-0.4, -0.2) is 66.9 Å². The van der Waals surface area contributed by atoms with Gasteiger partial charge in [-0.2, -0.15) is 0 Å². The van der Waals surface area contributed by atoms with Gasteiger partial charge >= 0.3 is 17.9 Å². The fraction of sp³-hybridized carbons (Fsp3) is 0.429. The van der Waals surface area contributed by atoms with Crippen molar-refractivity contribution in [3.63, 3.8) is 0 Å². The molecule has 0 aromatic rings. The second kappa shape index (κ2) is 7.65. The molecule has 2 heterocycles. The highest BCUT2D eigenvalue weighted by Gasteiger charge is 2.50. The van der Waals surface area contributed by atoms with Crippen LogP contribution in [0.4, 0.5) is 0 Å². The molecule has 124 valence electrons. The largest absolute Gasteiger partial charge is 0.478 e. The Kier molecular flexibility index (Phi) is 5.61. The summed E-state index contributed by atoms with van der Waals surface area (Å²) in [4.78, 5) is 43.3. The van der Waals surface area contributed by atoms with Gasteiger partial charge in [-0.3, -0.25) is 4.79 Å². The van der Waals surface area contributed by atoms with Crippen LogP contribution in [0.1, 0.15) is 0 Å². The van der Waals surface area contributed by atoms with Gasteiger partial charge < -0.3 is 24.1 Å². The fourth-order valence-corrected chi connectivity index (χ4v) is 2.27. The quantitative estimate of drug-likeness (QED) is 0.371. The summed E-state index contributed by atoms with van der Waals surface area (Å²) in [7, 11) is 0. The molecular formula is C14H14O9. The van der Waals surface area contributed by atoms with E-state index in [4.69, 9.17) is 24.1 Å². The van der Waals surface area contributed by atoms with Crippen LogP contribution >= 0.6 is 0 Å². The molecular weight excluding hydrogens is 312 g/mol. The summed E-state index contributed by atoms with van der Waals surface area (Å²) in [6, 6.07) is 0. The second-order valence-electron chi connectivity index (χ2n) is 4.71. The molecule has 2 saturated heterocycles. The Balaban J connectivity index is 1.88. The molecule has 2 rings (SSSR count). The highest BCUT2D eigenvalue weighted by atomic mass is 16.7. The smallest absolute Gasteiger partial charge is 0.331 e. The molecule has 4 atom stereocenters. The summed E-state index contributed by atoms with van der Waals surface area (Å²) in [5.41, 5.74) is 0. The zero-order chi connectivity index (χ0) is 16.8. The highest BCUT2D eigenvalue weighted by Crippen LogP contribution is 2.30. The predicted octanol–water partition coefficient (Wildman–Crippen LogP) is -0.996. The number of carboxylic acid groups (broad SMARTS) is 1. The van der Waals surface area contributed by atoms with Crippen LogP contribution in [-0.2, 0) is 38.1 Å². The minimum atomic E-state index is -1.27. The lowest BCUT2D eigenvalue weighted by molar-refractivity contribution is -0.149. The van der Waals surface area contributed by atoms with Crippen molar-refractivity contribution >= 4 is 24.2 Å². The number of fused-ring (bicyclic) bond motifs is 1. The first-order valence-electron chi connectivity index (χ1n) is 6.68. The van der Waals surface area contributed by atoms with Gasteiger partial charge in [0.25, 0.3) is 0 Å². The van der Waals surface area contributed by atoms with Crippen molar-refractivity contribution in [2.75, 3.05) is 13.2 Å². The summed E-state index contributed by atoms with van der Waals surface area (Å²) in [6.45, 7) is 0.106. The molecule has 0 spiro atoms. The van der Waals surface area contributed by atoms with Crippen LogP contribution in [0.15, 0.2) is 24.3 Å². The summed E-state index contributed by atoms with van der Waals surface area (Å²) in [6.07, 6.45) is 1.27. The Morgan fingerprint density at radius 2 is 1.43 bits per heavy atom. The molecule has 0 amide bonds. The van der Waals surface area contributed by atoms with E-state index in [0.717, 1.165) is 18.2 Å². The minimum absolute atomic E-state index is 0.0419. The van der Waals surface area contributed by atoms with Crippen molar-refractivity contribution in [1.29, 1.82) is 0 Å². The average molecular weight is 326 g/mol. The number of hydrogen-bond acceptors (Lipinski definition) is 8. The Morgan fingerprint density at radius 3 is 1.91 bits per heavy atom. The van der Waals surface area contributed by atoms with Crippen LogP contribution in [0.2, 0.25) is 0 Å². The lowest BCUT2D eigenvalue weighted by atomic mass is 10.1. The molecule has 0 unspecified atom stereocenters. The summed E-state index contributed by atoms with van der Waals surface area (Å²) in [5, 5.41) is 8.43. The number of carbonyl (C=O) groups excluding carboxylic acids is 3. The first kappa shape index (κ1) is 16.8. The molecule has 9 nitrogen and oxygen atoms in total. The topological polar surface area (TPSA) is 125 Å². The summed E-state index contributed by atoms with van der Waals surface area (Å²) in [5.74, 6) is -2.81. The predicted molar refractivity (Wildman–Crippen MR) is 71.2 cm³/mol. The van der Waals surface area contributed by atoms with Crippen LogP contribution in [0.5, 0.6) is 0 Å². The van der Waals surface area contributed by atoms with Gasteiger partial charge in [0.1, 0.15) is 18.5 Å². The number of carboxylic acids is 1. The third-order valence-electron chi connectivity index (χ3n) is 3.17.